The number of para-hydroxylation sites is 1. The summed E-state index contributed by atoms with van der Waals surface area (Å²) in [6, 6.07) is 20.6. The van der Waals surface area contributed by atoms with Gasteiger partial charge < -0.3 is 10.1 Å². The van der Waals surface area contributed by atoms with Crippen LogP contribution in [0.15, 0.2) is 81.2 Å². The second-order valence-electron chi connectivity index (χ2n) is 6.21. The molecule has 3 aromatic carbocycles. The molecule has 0 bridgehead atoms. The number of hydrogen-bond acceptors (Lipinski definition) is 3. The van der Waals surface area contributed by atoms with Gasteiger partial charge in [0.05, 0.1) is 10.2 Å². The summed E-state index contributed by atoms with van der Waals surface area (Å²) in [5, 5.41) is 11.8. The molecule has 3 rings (SSSR count). The van der Waals surface area contributed by atoms with E-state index in [0.29, 0.717) is 22.4 Å². The molecule has 0 saturated carbocycles. The van der Waals surface area contributed by atoms with Crippen LogP contribution >= 0.6 is 31.9 Å². The number of anilines is 1. The highest BCUT2D eigenvalue weighted by molar-refractivity contribution is 9.10. The third-order valence-corrected chi connectivity index (χ3v) is 5.21. The van der Waals surface area contributed by atoms with E-state index in [2.05, 4.69) is 37.2 Å². The lowest BCUT2D eigenvalue weighted by atomic mass is 10.1. The van der Waals surface area contributed by atoms with Gasteiger partial charge in [0.1, 0.15) is 29.8 Å². The number of hydrogen-bond donors (Lipinski definition) is 1. The minimum atomic E-state index is -0.686. The van der Waals surface area contributed by atoms with Crippen molar-refractivity contribution in [1.29, 1.82) is 5.26 Å². The summed E-state index contributed by atoms with van der Waals surface area (Å²) < 4.78 is 21.2. The van der Waals surface area contributed by atoms with Crippen LogP contribution in [0.4, 0.5) is 10.1 Å². The molecule has 1 N–H and O–H groups in total. The van der Waals surface area contributed by atoms with Crippen molar-refractivity contribution in [3.8, 4) is 11.8 Å². The van der Waals surface area contributed by atoms with E-state index in [-0.39, 0.29) is 11.3 Å². The topological polar surface area (TPSA) is 62.1 Å². The van der Waals surface area contributed by atoms with Crippen molar-refractivity contribution in [2.75, 3.05) is 5.32 Å². The predicted molar refractivity (Wildman–Crippen MR) is 121 cm³/mol. The summed E-state index contributed by atoms with van der Waals surface area (Å²) in [6.07, 6.45) is 1.43. The Morgan fingerprint density at radius 1 is 1.10 bits per heavy atom. The van der Waals surface area contributed by atoms with E-state index in [1.807, 2.05) is 30.3 Å². The van der Waals surface area contributed by atoms with Gasteiger partial charge in [-0.05, 0) is 69.5 Å². The Balaban J connectivity index is 1.71. The average Bonchev–Trinajstić information content (AvgIpc) is 2.74. The number of nitrogens with zero attached hydrogens (tertiary/aromatic N) is 1. The van der Waals surface area contributed by atoms with E-state index in [1.54, 1.807) is 24.3 Å². The van der Waals surface area contributed by atoms with Crippen LogP contribution in [0, 0.1) is 17.1 Å². The van der Waals surface area contributed by atoms with E-state index in [9.17, 15) is 14.4 Å². The van der Waals surface area contributed by atoms with E-state index in [1.165, 1.54) is 24.3 Å². The van der Waals surface area contributed by atoms with Crippen LogP contribution in [-0.2, 0) is 11.4 Å². The van der Waals surface area contributed by atoms with Crippen molar-refractivity contribution in [3.05, 3.63) is 98.2 Å². The fourth-order valence-electron chi connectivity index (χ4n) is 2.53. The molecule has 1 amide bonds. The number of halogens is 3. The molecule has 4 nitrogen and oxygen atoms in total. The maximum absolute atomic E-state index is 13.7. The zero-order valence-electron chi connectivity index (χ0n) is 15.5. The average molecular weight is 530 g/mol. The first-order valence-electron chi connectivity index (χ1n) is 8.81. The third kappa shape index (κ3) is 5.78. The number of carbonyl (C=O) groups is 1. The highest BCUT2D eigenvalue weighted by Crippen LogP contribution is 2.28. The molecule has 0 atom stereocenters. The molecule has 0 saturated heterocycles. The van der Waals surface area contributed by atoms with E-state index in [4.69, 9.17) is 4.74 Å². The Morgan fingerprint density at radius 3 is 2.50 bits per heavy atom. The van der Waals surface area contributed by atoms with Gasteiger partial charge in [-0.15, -0.1) is 0 Å². The van der Waals surface area contributed by atoms with Crippen LogP contribution < -0.4 is 10.1 Å². The van der Waals surface area contributed by atoms with Crippen molar-refractivity contribution in [1.82, 2.24) is 0 Å². The summed E-state index contributed by atoms with van der Waals surface area (Å²) in [5.41, 5.74) is 1.51. The molecule has 0 radical (unpaired) electrons. The molecular weight excluding hydrogens is 515 g/mol. The van der Waals surface area contributed by atoms with Gasteiger partial charge in [0.2, 0.25) is 0 Å². The van der Waals surface area contributed by atoms with Crippen molar-refractivity contribution in [2.24, 2.45) is 0 Å². The van der Waals surface area contributed by atoms with Crippen LogP contribution in [0.3, 0.4) is 0 Å². The lowest BCUT2D eigenvalue weighted by molar-refractivity contribution is -0.112. The zero-order valence-corrected chi connectivity index (χ0v) is 18.7. The molecule has 0 fully saturated rings. The summed E-state index contributed by atoms with van der Waals surface area (Å²) in [6.45, 7) is 0.398. The summed E-state index contributed by atoms with van der Waals surface area (Å²) >= 11 is 6.84. The van der Waals surface area contributed by atoms with Crippen molar-refractivity contribution in [2.45, 2.75) is 6.61 Å². The Morgan fingerprint density at radius 2 is 1.83 bits per heavy atom. The number of nitrogens with one attached hydrogen (secondary N) is 1. The monoisotopic (exact) mass is 528 g/mol. The predicted octanol–water partition coefficient (Wildman–Crippen LogP) is 6.48. The normalized spacial score (nSPS) is 10.9. The number of amides is 1. The number of carbonyl (C=O) groups excluding carboxylic acids is 1. The van der Waals surface area contributed by atoms with Crippen LogP contribution in [-0.4, -0.2) is 5.91 Å². The first-order chi connectivity index (χ1) is 14.5. The minimum Gasteiger partial charge on any atom is -0.488 e. The smallest absolute Gasteiger partial charge is 0.266 e. The van der Waals surface area contributed by atoms with E-state index < -0.39 is 11.7 Å². The maximum atomic E-state index is 13.7. The van der Waals surface area contributed by atoms with E-state index in [0.717, 1.165) is 10.0 Å². The second kappa shape index (κ2) is 10.2. The largest absolute Gasteiger partial charge is 0.488 e. The molecule has 30 heavy (non-hydrogen) atoms. The first kappa shape index (κ1) is 21.8. The Hall–Kier alpha value is -2.95. The van der Waals surface area contributed by atoms with Gasteiger partial charge in [-0.25, -0.2) is 4.39 Å². The minimum absolute atomic E-state index is 0.0153. The molecule has 0 spiro atoms. The number of ether oxygens (including phenoxy) is 1. The third-order valence-electron chi connectivity index (χ3n) is 4.06. The Labute approximate surface area is 190 Å². The van der Waals surface area contributed by atoms with Crippen molar-refractivity contribution < 1.29 is 13.9 Å². The van der Waals surface area contributed by atoms with Gasteiger partial charge in [0, 0.05) is 4.47 Å². The molecule has 0 aromatic heterocycles. The fraction of sp³-hybridized carbons (Fsp3) is 0.0435. The summed E-state index contributed by atoms with van der Waals surface area (Å²) in [4.78, 5) is 12.3. The van der Waals surface area contributed by atoms with E-state index >= 15 is 0 Å². The Kier molecular flexibility index (Phi) is 7.39. The molecule has 0 aliphatic carbocycles. The Bertz CT molecular complexity index is 1140. The van der Waals surface area contributed by atoms with Gasteiger partial charge >= 0.3 is 0 Å². The molecule has 0 aliphatic rings. The van der Waals surface area contributed by atoms with Crippen LogP contribution in [0.5, 0.6) is 5.75 Å². The standard InChI is InChI=1S/C23H15Br2FN2O2/c24-18-8-5-15(6-9-18)14-30-22-10-7-16(12-19(22)25)11-17(13-27)23(29)28-21-4-2-1-3-20(21)26/h1-12H,14H2,(H,28,29)/b17-11+. The van der Waals surface area contributed by atoms with Gasteiger partial charge in [-0.1, -0.05) is 46.3 Å². The zero-order chi connectivity index (χ0) is 21.5. The molecule has 7 heteroatoms. The van der Waals surface area contributed by atoms with Crippen molar-refractivity contribution >= 4 is 49.5 Å². The van der Waals surface area contributed by atoms with Gasteiger partial charge in [0.25, 0.3) is 5.91 Å². The first-order valence-corrected chi connectivity index (χ1v) is 10.4. The second-order valence-corrected chi connectivity index (χ2v) is 7.98. The molecule has 3 aromatic rings. The quantitative estimate of drug-likeness (QED) is 0.294. The number of nitriles is 1. The lowest BCUT2D eigenvalue weighted by Crippen LogP contribution is -2.14. The summed E-state index contributed by atoms with van der Waals surface area (Å²) in [5.74, 6) is -0.628. The summed E-state index contributed by atoms with van der Waals surface area (Å²) in [7, 11) is 0. The lowest BCUT2D eigenvalue weighted by Gasteiger charge is -2.09. The van der Waals surface area contributed by atoms with Gasteiger partial charge in [-0.3, -0.25) is 4.79 Å². The number of benzene rings is 3. The molecule has 0 heterocycles. The molecule has 150 valence electrons. The maximum Gasteiger partial charge on any atom is 0.266 e. The molecular formula is C23H15Br2FN2O2. The molecule has 0 aliphatic heterocycles. The SMILES string of the molecule is N#C/C(=C\c1ccc(OCc2ccc(Br)cc2)c(Br)c1)C(=O)Nc1ccccc1F. The van der Waals surface area contributed by atoms with Gasteiger partial charge in [0.15, 0.2) is 0 Å². The highest BCUT2D eigenvalue weighted by Gasteiger charge is 2.12. The fourth-order valence-corrected chi connectivity index (χ4v) is 3.31. The van der Waals surface area contributed by atoms with Gasteiger partial charge in [-0.2, -0.15) is 5.26 Å². The highest BCUT2D eigenvalue weighted by atomic mass is 79.9. The molecule has 0 unspecified atom stereocenters. The van der Waals surface area contributed by atoms with Crippen LogP contribution in [0.2, 0.25) is 0 Å². The number of rotatable bonds is 6. The van der Waals surface area contributed by atoms with Crippen LogP contribution in [0.1, 0.15) is 11.1 Å². The van der Waals surface area contributed by atoms with Crippen molar-refractivity contribution in [3.63, 3.8) is 0 Å². The van der Waals surface area contributed by atoms with Crippen LogP contribution in [0.25, 0.3) is 6.08 Å².